The van der Waals surface area contributed by atoms with E-state index in [4.69, 9.17) is 17.3 Å². The van der Waals surface area contributed by atoms with Gasteiger partial charge in [-0.05, 0) is 56.9 Å². The van der Waals surface area contributed by atoms with Crippen LogP contribution in [0.3, 0.4) is 0 Å². The molecule has 1 heterocycles. The van der Waals surface area contributed by atoms with E-state index in [1.54, 1.807) is 31.2 Å². The fraction of sp³-hybridized carbons (Fsp3) is 0.529. The van der Waals surface area contributed by atoms with Crippen LogP contribution < -0.4 is 11.1 Å². The molecular weight excluding hydrogens is 314 g/mol. The number of nitrogens with zero attached hydrogens (tertiary/aromatic N) is 1. The van der Waals surface area contributed by atoms with E-state index >= 15 is 0 Å². The minimum absolute atomic E-state index is 0.0577. The van der Waals surface area contributed by atoms with Crippen LogP contribution in [0.25, 0.3) is 0 Å². The van der Waals surface area contributed by atoms with Gasteiger partial charge in [0.05, 0.1) is 0 Å². The number of amides is 2. The van der Waals surface area contributed by atoms with Crippen LogP contribution in [0.15, 0.2) is 24.3 Å². The minimum atomic E-state index is -0.565. The molecule has 1 aromatic carbocycles. The summed E-state index contributed by atoms with van der Waals surface area (Å²) < 4.78 is 0. The first-order chi connectivity index (χ1) is 10.9. The number of rotatable bonds is 4. The predicted molar refractivity (Wildman–Crippen MR) is 91.3 cm³/mol. The fourth-order valence-electron chi connectivity index (χ4n) is 2.86. The summed E-state index contributed by atoms with van der Waals surface area (Å²) >= 11 is 5.81. The molecule has 3 N–H and O–H groups in total. The van der Waals surface area contributed by atoms with Gasteiger partial charge in [0, 0.05) is 29.7 Å². The van der Waals surface area contributed by atoms with Crippen LogP contribution in [0.1, 0.15) is 37.0 Å². The molecular formula is C17H24ClN3O2. The van der Waals surface area contributed by atoms with Crippen LogP contribution in [0.4, 0.5) is 0 Å². The Morgan fingerprint density at radius 2 is 1.96 bits per heavy atom. The Morgan fingerprint density at radius 3 is 2.57 bits per heavy atom. The second-order valence-electron chi connectivity index (χ2n) is 6.25. The first-order valence-corrected chi connectivity index (χ1v) is 8.37. The molecule has 0 spiro atoms. The van der Waals surface area contributed by atoms with Crippen molar-refractivity contribution in [2.24, 2.45) is 11.7 Å². The minimum Gasteiger partial charge on any atom is -0.341 e. The lowest BCUT2D eigenvalue weighted by molar-refractivity contribution is -0.134. The molecule has 1 saturated heterocycles. The highest BCUT2D eigenvalue weighted by Crippen LogP contribution is 2.19. The van der Waals surface area contributed by atoms with Crippen LogP contribution >= 0.6 is 11.6 Å². The zero-order valence-electron chi connectivity index (χ0n) is 13.6. The molecule has 1 fully saturated rings. The molecule has 1 aliphatic heterocycles. The van der Waals surface area contributed by atoms with Crippen molar-refractivity contribution < 1.29 is 9.59 Å². The van der Waals surface area contributed by atoms with Crippen LogP contribution in [0, 0.1) is 5.92 Å². The number of hydrogen-bond acceptors (Lipinski definition) is 3. The van der Waals surface area contributed by atoms with Crippen molar-refractivity contribution in [3.63, 3.8) is 0 Å². The molecule has 2 amide bonds. The highest BCUT2D eigenvalue weighted by molar-refractivity contribution is 6.30. The quantitative estimate of drug-likeness (QED) is 0.882. The Kier molecular flexibility index (Phi) is 6.02. The van der Waals surface area contributed by atoms with Gasteiger partial charge in [-0.25, -0.2) is 0 Å². The molecule has 6 heteroatoms. The van der Waals surface area contributed by atoms with E-state index in [1.165, 1.54) is 0 Å². The highest BCUT2D eigenvalue weighted by Gasteiger charge is 2.29. The van der Waals surface area contributed by atoms with E-state index in [2.05, 4.69) is 5.32 Å². The van der Waals surface area contributed by atoms with Crippen LogP contribution in [-0.2, 0) is 4.79 Å². The second-order valence-corrected chi connectivity index (χ2v) is 6.68. The van der Waals surface area contributed by atoms with Crippen molar-refractivity contribution in [3.05, 3.63) is 34.9 Å². The van der Waals surface area contributed by atoms with Crippen LogP contribution in [0.2, 0.25) is 5.02 Å². The smallest absolute Gasteiger partial charge is 0.251 e. The van der Waals surface area contributed by atoms with E-state index in [9.17, 15) is 9.59 Å². The number of benzene rings is 1. The third-order valence-corrected chi connectivity index (χ3v) is 4.59. The molecule has 3 unspecified atom stereocenters. The second kappa shape index (κ2) is 7.79. The van der Waals surface area contributed by atoms with Crippen LogP contribution in [0.5, 0.6) is 0 Å². The van der Waals surface area contributed by atoms with Gasteiger partial charge in [-0.15, -0.1) is 0 Å². The summed E-state index contributed by atoms with van der Waals surface area (Å²) in [6, 6.07) is 6.10. The van der Waals surface area contributed by atoms with E-state index in [1.807, 2.05) is 11.8 Å². The maximum atomic E-state index is 12.5. The molecule has 1 aliphatic rings. The summed E-state index contributed by atoms with van der Waals surface area (Å²) in [5, 5.41) is 3.32. The molecule has 23 heavy (non-hydrogen) atoms. The maximum absolute atomic E-state index is 12.5. The van der Waals surface area contributed by atoms with Gasteiger partial charge in [-0.2, -0.15) is 0 Å². The van der Waals surface area contributed by atoms with Crippen LogP contribution in [-0.4, -0.2) is 41.9 Å². The van der Waals surface area contributed by atoms with Gasteiger partial charge in [-0.1, -0.05) is 11.6 Å². The number of carbonyl (C=O) groups is 2. The Balaban J connectivity index is 1.94. The van der Waals surface area contributed by atoms with E-state index in [-0.39, 0.29) is 17.9 Å². The highest BCUT2D eigenvalue weighted by atomic mass is 35.5. The number of nitrogens with two attached hydrogens (primary N) is 1. The molecule has 0 saturated carbocycles. The molecule has 3 atom stereocenters. The van der Waals surface area contributed by atoms with Gasteiger partial charge in [0.1, 0.15) is 6.04 Å². The van der Waals surface area contributed by atoms with Gasteiger partial charge in [0.2, 0.25) is 5.91 Å². The summed E-state index contributed by atoms with van der Waals surface area (Å²) in [6.45, 7) is 5.08. The molecule has 0 bridgehead atoms. The molecule has 1 aromatic rings. The predicted octanol–water partition coefficient (Wildman–Crippen LogP) is 2.04. The molecule has 0 aliphatic carbocycles. The topological polar surface area (TPSA) is 75.4 Å². The third-order valence-electron chi connectivity index (χ3n) is 4.34. The van der Waals surface area contributed by atoms with Gasteiger partial charge in [0.15, 0.2) is 0 Å². The van der Waals surface area contributed by atoms with Crippen molar-refractivity contribution in [1.29, 1.82) is 0 Å². The average Bonchev–Trinajstić information content (AvgIpc) is 2.54. The number of halogens is 1. The first kappa shape index (κ1) is 17.8. The third kappa shape index (κ3) is 4.69. The zero-order valence-corrected chi connectivity index (χ0v) is 14.3. The molecule has 126 valence electrons. The lowest BCUT2D eigenvalue weighted by Gasteiger charge is -2.36. The van der Waals surface area contributed by atoms with Crippen molar-refractivity contribution in [3.8, 4) is 0 Å². The summed E-state index contributed by atoms with van der Waals surface area (Å²) in [4.78, 5) is 26.5. The monoisotopic (exact) mass is 337 g/mol. The normalized spacial score (nSPS) is 20.7. The van der Waals surface area contributed by atoms with Crippen molar-refractivity contribution in [2.75, 3.05) is 13.1 Å². The van der Waals surface area contributed by atoms with Crippen molar-refractivity contribution in [1.82, 2.24) is 10.2 Å². The number of hydrogen-bond donors (Lipinski definition) is 2. The first-order valence-electron chi connectivity index (χ1n) is 7.99. The summed E-state index contributed by atoms with van der Waals surface area (Å²) in [5.74, 6) is -0.00667. The SMILES string of the molecule is CC(NC(=O)c1ccc(Cl)cc1)C(=O)N1CCCC(C(C)N)C1. The van der Waals surface area contributed by atoms with Gasteiger partial charge >= 0.3 is 0 Å². The number of nitrogens with one attached hydrogen (secondary N) is 1. The van der Waals surface area contributed by atoms with Crippen molar-refractivity contribution in [2.45, 2.75) is 38.8 Å². The molecule has 2 rings (SSSR count). The van der Waals surface area contributed by atoms with Crippen molar-refractivity contribution >= 4 is 23.4 Å². The summed E-state index contributed by atoms with van der Waals surface area (Å²) in [6.07, 6.45) is 2.00. The summed E-state index contributed by atoms with van der Waals surface area (Å²) in [7, 11) is 0. The Labute approximate surface area is 142 Å². The molecule has 0 radical (unpaired) electrons. The van der Waals surface area contributed by atoms with E-state index in [0.717, 1.165) is 19.4 Å². The van der Waals surface area contributed by atoms with Gasteiger partial charge in [-0.3, -0.25) is 9.59 Å². The van der Waals surface area contributed by atoms with E-state index in [0.29, 0.717) is 23.0 Å². The molecule has 5 nitrogen and oxygen atoms in total. The van der Waals surface area contributed by atoms with Gasteiger partial charge < -0.3 is 16.0 Å². The number of piperidine rings is 1. The lowest BCUT2D eigenvalue weighted by Crippen LogP contribution is -2.51. The Hall–Kier alpha value is -1.59. The standard InChI is InChI=1S/C17H24ClN3O2/c1-11(19)14-4-3-9-21(10-14)17(23)12(2)20-16(22)13-5-7-15(18)8-6-13/h5-8,11-12,14H,3-4,9-10,19H2,1-2H3,(H,20,22). The van der Waals surface area contributed by atoms with Gasteiger partial charge in [0.25, 0.3) is 5.91 Å². The molecule has 0 aromatic heterocycles. The van der Waals surface area contributed by atoms with E-state index < -0.39 is 6.04 Å². The maximum Gasteiger partial charge on any atom is 0.251 e. The summed E-state index contributed by atoms with van der Waals surface area (Å²) in [5.41, 5.74) is 6.44. The Bertz CT molecular complexity index is 559. The fourth-order valence-corrected chi connectivity index (χ4v) is 2.98. The average molecular weight is 338 g/mol. The number of carbonyl (C=O) groups excluding carboxylic acids is 2. The lowest BCUT2D eigenvalue weighted by atomic mass is 9.92. The number of likely N-dealkylation sites (tertiary alicyclic amines) is 1. The Morgan fingerprint density at radius 1 is 1.30 bits per heavy atom. The zero-order chi connectivity index (χ0) is 17.0. The largest absolute Gasteiger partial charge is 0.341 e.